The van der Waals surface area contributed by atoms with Crippen LogP contribution in [-0.2, 0) is 4.79 Å². The van der Waals surface area contributed by atoms with E-state index in [1.165, 1.54) is 0 Å². The monoisotopic (exact) mass is 380 g/mol. The molecule has 0 bridgehead atoms. The van der Waals surface area contributed by atoms with Gasteiger partial charge in [0, 0.05) is 32.1 Å². The van der Waals surface area contributed by atoms with Crippen LogP contribution in [0.4, 0.5) is 0 Å². The predicted octanol–water partition coefficient (Wildman–Crippen LogP) is 2.67. The van der Waals surface area contributed by atoms with Gasteiger partial charge in [0.1, 0.15) is 11.9 Å². The number of guanidine groups is 1. The maximum Gasteiger partial charge on any atom is 0.222 e. The molecule has 1 saturated heterocycles. The number of nitrogens with one attached hydrogen (secondary N) is 2. The van der Waals surface area contributed by atoms with E-state index in [0.29, 0.717) is 23.7 Å². The highest BCUT2D eigenvalue weighted by Crippen LogP contribution is 2.24. The molecule has 1 aromatic rings. The summed E-state index contributed by atoms with van der Waals surface area (Å²) in [6.07, 6.45) is 1.38. The number of hydrogen-bond donors (Lipinski definition) is 2. The first-order chi connectivity index (χ1) is 12.5. The van der Waals surface area contributed by atoms with Crippen LogP contribution in [0.1, 0.15) is 33.6 Å². The van der Waals surface area contributed by atoms with Crippen LogP contribution in [0.3, 0.4) is 0 Å². The molecule has 2 unspecified atom stereocenters. The molecule has 1 amide bonds. The van der Waals surface area contributed by atoms with Crippen LogP contribution in [0.2, 0.25) is 5.02 Å². The van der Waals surface area contributed by atoms with Crippen molar-refractivity contribution in [2.45, 2.75) is 45.8 Å². The third-order valence-corrected chi connectivity index (χ3v) is 4.51. The van der Waals surface area contributed by atoms with Crippen molar-refractivity contribution in [2.75, 3.05) is 26.2 Å². The summed E-state index contributed by atoms with van der Waals surface area (Å²) in [5.74, 6) is 1.62. The molecule has 0 spiro atoms. The summed E-state index contributed by atoms with van der Waals surface area (Å²) in [7, 11) is 0. The zero-order valence-corrected chi connectivity index (χ0v) is 16.6. The van der Waals surface area contributed by atoms with E-state index >= 15 is 0 Å². The van der Waals surface area contributed by atoms with Crippen LogP contribution in [0.15, 0.2) is 29.3 Å². The van der Waals surface area contributed by atoms with E-state index in [-0.39, 0.29) is 18.1 Å². The molecular formula is C19H29ClN4O2. The van der Waals surface area contributed by atoms with E-state index < -0.39 is 0 Å². The van der Waals surface area contributed by atoms with Crippen LogP contribution in [0, 0.1) is 0 Å². The number of hydrogen-bond acceptors (Lipinski definition) is 3. The fourth-order valence-corrected chi connectivity index (χ4v) is 3.04. The average Bonchev–Trinajstić information content (AvgIpc) is 3.10. The Bertz CT molecular complexity index is 623. The molecule has 1 aromatic carbocycles. The van der Waals surface area contributed by atoms with Gasteiger partial charge in [0.15, 0.2) is 5.96 Å². The molecule has 1 aliphatic rings. The molecule has 144 valence electrons. The minimum Gasteiger partial charge on any atom is -0.487 e. The molecule has 2 rings (SSSR count). The van der Waals surface area contributed by atoms with Crippen molar-refractivity contribution < 1.29 is 9.53 Å². The number of halogens is 1. The Morgan fingerprint density at radius 3 is 2.88 bits per heavy atom. The second kappa shape index (κ2) is 10.3. The Balaban J connectivity index is 1.88. The Morgan fingerprint density at radius 1 is 1.42 bits per heavy atom. The molecule has 1 heterocycles. The smallest absolute Gasteiger partial charge is 0.222 e. The quantitative estimate of drug-likeness (QED) is 0.563. The lowest BCUT2D eigenvalue weighted by atomic mass is 10.3. The molecule has 1 aliphatic heterocycles. The van der Waals surface area contributed by atoms with Crippen molar-refractivity contribution in [2.24, 2.45) is 4.99 Å². The lowest BCUT2D eigenvalue weighted by molar-refractivity contribution is -0.129. The standard InChI is InChI=1S/C19H29ClN4O2/c1-4-18(25)24-11-10-15(13-24)23-19(21-5-2)22-12-14(3)26-17-9-7-6-8-16(17)20/h6-9,14-15H,4-5,10-13H2,1-3H3,(H2,21,22,23). The Hall–Kier alpha value is -1.95. The molecule has 2 atom stereocenters. The summed E-state index contributed by atoms with van der Waals surface area (Å²) in [5, 5.41) is 7.27. The van der Waals surface area contributed by atoms with Crippen molar-refractivity contribution in [1.29, 1.82) is 0 Å². The molecule has 6 nitrogen and oxygen atoms in total. The summed E-state index contributed by atoms with van der Waals surface area (Å²) in [6.45, 7) is 8.70. The summed E-state index contributed by atoms with van der Waals surface area (Å²) < 4.78 is 5.86. The second-order valence-corrected chi connectivity index (χ2v) is 6.81. The second-order valence-electron chi connectivity index (χ2n) is 6.40. The van der Waals surface area contributed by atoms with E-state index in [2.05, 4.69) is 15.6 Å². The van der Waals surface area contributed by atoms with E-state index in [1.54, 1.807) is 0 Å². The molecule has 2 N–H and O–H groups in total. The number of amides is 1. The topological polar surface area (TPSA) is 66.0 Å². The van der Waals surface area contributed by atoms with E-state index in [9.17, 15) is 4.79 Å². The number of carbonyl (C=O) groups is 1. The first-order valence-corrected chi connectivity index (χ1v) is 9.65. The number of benzene rings is 1. The highest BCUT2D eigenvalue weighted by molar-refractivity contribution is 6.32. The van der Waals surface area contributed by atoms with Crippen molar-refractivity contribution in [3.05, 3.63) is 29.3 Å². The third-order valence-electron chi connectivity index (χ3n) is 4.20. The van der Waals surface area contributed by atoms with Gasteiger partial charge in [-0.25, -0.2) is 4.99 Å². The minimum atomic E-state index is -0.105. The van der Waals surface area contributed by atoms with Crippen LogP contribution >= 0.6 is 11.6 Å². The fraction of sp³-hybridized carbons (Fsp3) is 0.579. The van der Waals surface area contributed by atoms with Crippen LogP contribution < -0.4 is 15.4 Å². The third kappa shape index (κ3) is 6.09. The predicted molar refractivity (Wildman–Crippen MR) is 106 cm³/mol. The van der Waals surface area contributed by atoms with Gasteiger partial charge in [-0.1, -0.05) is 30.7 Å². The summed E-state index contributed by atoms with van der Waals surface area (Å²) in [4.78, 5) is 18.3. The van der Waals surface area contributed by atoms with Crippen molar-refractivity contribution in [3.8, 4) is 5.75 Å². The first kappa shape index (κ1) is 20.4. The van der Waals surface area contributed by atoms with E-state index in [1.807, 2.05) is 49.9 Å². The van der Waals surface area contributed by atoms with Crippen molar-refractivity contribution >= 4 is 23.5 Å². The van der Waals surface area contributed by atoms with Crippen molar-refractivity contribution in [3.63, 3.8) is 0 Å². The van der Waals surface area contributed by atoms with E-state index in [4.69, 9.17) is 16.3 Å². The van der Waals surface area contributed by atoms with Gasteiger partial charge in [-0.2, -0.15) is 0 Å². The van der Waals surface area contributed by atoms with Gasteiger partial charge >= 0.3 is 0 Å². The van der Waals surface area contributed by atoms with Crippen LogP contribution in [0.25, 0.3) is 0 Å². The van der Waals surface area contributed by atoms with Gasteiger partial charge in [-0.15, -0.1) is 0 Å². The minimum absolute atomic E-state index is 0.105. The SMILES string of the molecule is CCNC(=NCC(C)Oc1ccccc1Cl)NC1CCN(C(=O)CC)C1. The fourth-order valence-electron chi connectivity index (χ4n) is 2.86. The summed E-state index contributed by atoms with van der Waals surface area (Å²) in [6, 6.07) is 7.65. The maximum atomic E-state index is 11.8. The van der Waals surface area contributed by atoms with Gasteiger partial charge in [-0.3, -0.25) is 4.79 Å². The molecule has 0 saturated carbocycles. The van der Waals surface area contributed by atoms with E-state index in [0.717, 1.165) is 32.0 Å². The van der Waals surface area contributed by atoms with Gasteiger partial charge in [-0.05, 0) is 32.4 Å². The largest absolute Gasteiger partial charge is 0.487 e. The van der Waals surface area contributed by atoms with Gasteiger partial charge in [0.25, 0.3) is 0 Å². The number of ether oxygens (including phenoxy) is 1. The number of para-hydroxylation sites is 1. The molecule has 0 aromatic heterocycles. The summed E-state index contributed by atoms with van der Waals surface area (Å²) in [5.41, 5.74) is 0. The highest BCUT2D eigenvalue weighted by Gasteiger charge is 2.25. The number of rotatable bonds is 7. The summed E-state index contributed by atoms with van der Waals surface area (Å²) >= 11 is 6.13. The first-order valence-electron chi connectivity index (χ1n) is 9.27. The lowest BCUT2D eigenvalue weighted by Gasteiger charge is -2.19. The Kier molecular flexibility index (Phi) is 8.04. The average molecular weight is 381 g/mol. The van der Waals surface area contributed by atoms with Crippen LogP contribution in [-0.4, -0.2) is 55.1 Å². The highest BCUT2D eigenvalue weighted by atomic mass is 35.5. The van der Waals surface area contributed by atoms with Crippen LogP contribution in [0.5, 0.6) is 5.75 Å². The lowest BCUT2D eigenvalue weighted by Crippen LogP contribution is -2.45. The molecule has 26 heavy (non-hydrogen) atoms. The molecular weight excluding hydrogens is 352 g/mol. The molecule has 1 fully saturated rings. The number of nitrogens with zero attached hydrogens (tertiary/aromatic N) is 2. The Labute approximate surface area is 161 Å². The molecule has 7 heteroatoms. The zero-order valence-electron chi connectivity index (χ0n) is 15.8. The normalized spacial score (nSPS) is 18.5. The van der Waals surface area contributed by atoms with Gasteiger partial charge in [0.05, 0.1) is 11.6 Å². The van der Waals surface area contributed by atoms with Gasteiger partial charge < -0.3 is 20.3 Å². The van der Waals surface area contributed by atoms with Gasteiger partial charge in [0.2, 0.25) is 5.91 Å². The Morgan fingerprint density at radius 2 is 2.19 bits per heavy atom. The molecule has 0 aliphatic carbocycles. The number of aliphatic imine (C=N–C) groups is 1. The zero-order chi connectivity index (χ0) is 18.9. The number of likely N-dealkylation sites (tertiary alicyclic amines) is 1. The van der Waals surface area contributed by atoms with Crippen molar-refractivity contribution in [1.82, 2.24) is 15.5 Å². The molecule has 0 radical (unpaired) electrons. The number of carbonyl (C=O) groups excluding carboxylic acids is 1. The maximum absolute atomic E-state index is 11.8.